The fourth-order valence-electron chi connectivity index (χ4n) is 5.53. The lowest BCUT2D eigenvalue weighted by atomic mass is 9.93. The number of hydrogen-bond donors (Lipinski definition) is 2. The third kappa shape index (κ3) is 8.08. The van der Waals surface area contributed by atoms with Gasteiger partial charge in [0.15, 0.2) is 5.75 Å². The van der Waals surface area contributed by atoms with Gasteiger partial charge in [-0.15, -0.1) is 0 Å². The van der Waals surface area contributed by atoms with E-state index >= 15 is 0 Å². The lowest BCUT2D eigenvalue weighted by Gasteiger charge is -2.37. The number of anilines is 1. The number of carbonyl (C=O) groups is 1. The molecule has 2 fully saturated rings. The van der Waals surface area contributed by atoms with Gasteiger partial charge >= 0.3 is 5.97 Å². The van der Waals surface area contributed by atoms with E-state index in [1.54, 1.807) is 18.5 Å². The molecule has 42 heavy (non-hydrogen) atoms. The Morgan fingerprint density at radius 2 is 1.67 bits per heavy atom. The summed E-state index contributed by atoms with van der Waals surface area (Å²) in [5.41, 5.74) is 2.47. The molecule has 5 rings (SSSR count). The molecular formula is C30H36Cl2N6O4. The summed E-state index contributed by atoms with van der Waals surface area (Å²) in [5, 5.41) is 19.6. The number of likely N-dealkylation sites (tertiary alicyclic amines) is 1. The summed E-state index contributed by atoms with van der Waals surface area (Å²) in [7, 11) is 0. The minimum atomic E-state index is -0.735. The van der Waals surface area contributed by atoms with Gasteiger partial charge in [0.05, 0.1) is 24.7 Å². The van der Waals surface area contributed by atoms with E-state index in [2.05, 4.69) is 24.7 Å². The van der Waals surface area contributed by atoms with Crippen LogP contribution in [0.3, 0.4) is 0 Å². The summed E-state index contributed by atoms with van der Waals surface area (Å²) in [5.74, 6) is 1.00. The molecule has 2 aliphatic heterocycles. The maximum atomic E-state index is 11.1. The summed E-state index contributed by atoms with van der Waals surface area (Å²) < 4.78 is 6.16. The highest BCUT2D eigenvalue weighted by molar-refractivity contribution is 6.35. The molecule has 4 heterocycles. The number of piperazine rings is 1. The lowest BCUT2D eigenvalue weighted by molar-refractivity contribution is -0.138. The van der Waals surface area contributed by atoms with E-state index in [-0.39, 0.29) is 25.0 Å². The van der Waals surface area contributed by atoms with Crippen molar-refractivity contribution in [2.24, 2.45) is 5.92 Å². The van der Waals surface area contributed by atoms with Crippen LogP contribution in [0.5, 0.6) is 11.6 Å². The number of aromatic nitrogens is 3. The van der Waals surface area contributed by atoms with Gasteiger partial charge in [0.2, 0.25) is 11.8 Å². The smallest absolute Gasteiger partial charge is 0.303 e. The molecular weight excluding hydrogens is 579 g/mol. The van der Waals surface area contributed by atoms with E-state index in [9.17, 15) is 9.90 Å². The van der Waals surface area contributed by atoms with E-state index in [0.29, 0.717) is 39.9 Å². The number of aliphatic hydroxyl groups is 1. The molecule has 2 aliphatic rings. The average molecular weight is 616 g/mol. The lowest BCUT2D eigenvalue weighted by Crippen LogP contribution is -2.51. The van der Waals surface area contributed by atoms with Crippen LogP contribution >= 0.6 is 23.2 Å². The van der Waals surface area contributed by atoms with Gasteiger partial charge < -0.3 is 19.8 Å². The Kier molecular flexibility index (Phi) is 10.1. The Morgan fingerprint density at radius 1 is 1.00 bits per heavy atom. The Hall–Kier alpha value is -3.02. The van der Waals surface area contributed by atoms with Gasteiger partial charge in [-0.3, -0.25) is 14.6 Å². The van der Waals surface area contributed by atoms with E-state index in [1.807, 2.05) is 31.2 Å². The van der Waals surface area contributed by atoms with Crippen molar-refractivity contribution < 1.29 is 19.7 Å². The molecule has 12 heteroatoms. The summed E-state index contributed by atoms with van der Waals surface area (Å²) >= 11 is 12.6. The van der Waals surface area contributed by atoms with Crippen LogP contribution in [0.1, 0.15) is 31.7 Å². The Morgan fingerprint density at radius 3 is 2.29 bits per heavy atom. The second-order valence-corrected chi connectivity index (χ2v) is 11.9. The molecule has 0 aliphatic carbocycles. The first-order valence-electron chi connectivity index (χ1n) is 14.3. The van der Waals surface area contributed by atoms with Crippen LogP contribution in [0.2, 0.25) is 10.0 Å². The number of rotatable bonds is 10. The maximum absolute atomic E-state index is 11.1. The molecule has 0 spiro atoms. The molecule has 0 saturated carbocycles. The molecule has 0 bridgehead atoms. The zero-order chi connectivity index (χ0) is 29.6. The molecule has 224 valence electrons. The Balaban J connectivity index is 1.31. The number of nitrogens with zero attached hydrogens (tertiary/aromatic N) is 6. The van der Waals surface area contributed by atoms with Gasteiger partial charge in [-0.25, -0.2) is 15.0 Å². The first kappa shape index (κ1) is 30.4. The van der Waals surface area contributed by atoms with Crippen molar-refractivity contribution in [3.05, 3.63) is 58.3 Å². The summed E-state index contributed by atoms with van der Waals surface area (Å²) in [6.07, 6.45) is 5.25. The number of piperidine rings is 1. The zero-order valence-electron chi connectivity index (χ0n) is 23.6. The number of hydrogen-bond acceptors (Lipinski definition) is 9. The van der Waals surface area contributed by atoms with Crippen molar-refractivity contribution in [1.29, 1.82) is 0 Å². The first-order valence-corrected chi connectivity index (χ1v) is 15.0. The predicted octanol–water partition coefficient (Wildman–Crippen LogP) is 4.83. The van der Waals surface area contributed by atoms with Gasteiger partial charge in [0.1, 0.15) is 0 Å². The molecule has 10 nitrogen and oxygen atoms in total. The van der Waals surface area contributed by atoms with Crippen LogP contribution in [0, 0.1) is 5.92 Å². The number of aliphatic hydroxyl groups excluding tert-OH is 1. The number of pyridine rings is 1. The molecule has 2 saturated heterocycles. The third-order valence-corrected chi connectivity index (χ3v) is 8.35. The monoisotopic (exact) mass is 614 g/mol. The highest BCUT2D eigenvalue weighted by atomic mass is 35.5. The summed E-state index contributed by atoms with van der Waals surface area (Å²) in [6.45, 7) is 7.76. The fraction of sp³-hybridized carbons (Fsp3) is 0.467. The summed E-state index contributed by atoms with van der Waals surface area (Å²) in [4.78, 5) is 31.7. The number of halogens is 2. The number of carboxylic acids is 1. The second kappa shape index (κ2) is 14.0. The van der Waals surface area contributed by atoms with Crippen LogP contribution in [0.25, 0.3) is 11.3 Å². The topological polar surface area (TPSA) is 115 Å². The largest absolute Gasteiger partial charge is 0.481 e. The van der Waals surface area contributed by atoms with Crippen molar-refractivity contribution in [1.82, 2.24) is 24.8 Å². The fourth-order valence-corrected chi connectivity index (χ4v) is 6.06. The second-order valence-electron chi connectivity index (χ2n) is 11.0. The molecule has 2 N–H and O–H groups in total. The van der Waals surface area contributed by atoms with E-state index in [0.717, 1.165) is 63.2 Å². The van der Waals surface area contributed by atoms with Crippen LogP contribution in [-0.2, 0) is 11.3 Å². The Bertz CT molecular complexity index is 1340. The standard InChI is InChI=1S/C30H36Cl2N6O4/c1-20(19-39)37-6-8-38(9-7-37)30-33-16-26(17-34-30)42-28-11-22(18-36-4-2-21(3-5-36)12-29(40)41)10-27(35-28)23-13-24(31)15-25(32)14-23/h10-11,13-17,20-21,39H,2-9,12,18-19H2,1H3,(H,40,41). The minimum Gasteiger partial charge on any atom is -0.481 e. The van der Waals surface area contributed by atoms with Gasteiger partial charge in [0, 0.05) is 66.9 Å². The van der Waals surface area contributed by atoms with Gasteiger partial charge in [0.25, 0.3) is 0 Å². The summed E-state index contributed by atoms with van der Waals surface area (Å²) in [6, 6.07) is 9.38. The predicted molar refractivity (Wildman–Crippen MR) is 162 cm³/mol. The highest BCUT2D eigenvalue weighted by Gasteiger charge is 2.23. The molecule has 3 aromatic rings. The van der Waals surface area contributed by atoms with Crippen LogP contribution in [0.15, 0.2) is 42.7 Å². The number of benzene rings is 1. The molecule has 1 aromatic carbocycles. The quantitative estimate of drug-likeness (QED) is 0.329. The maximum Gasteiger partial charge on any atom is 0.303 e. The third-order valence-electron chi connectivity index (χ3n) is 7.92. The minimum absolute atomic E-state index is 0.142. The van der Waals surface area contributed by atoms with Gasteiger partial charge in [-0.05, 0) is 68.6 Å². The molecule has 0 radical (unpaired) electrons. The van der Waals surface area contributed by atoms with Crippen molar-refractivity contribution >= 4 is 35.1 Å². The first-order chi connectivity index (χ1) is 20.2. The molecule has 0 amide bonds. The highest BCUT2D eigenvalue weighted by Crippen LogP contribution is 2.31. The van der Waals surface area contributed by atoms with E-state index in [1.165, 1.54) is 0 Å². The molecule has 2 aromatic heterocycles. The number of ether oxygens (including phenoxy) is 1. The number of aliphatic carboxylic acids is 1. The van der Waals surface area contributed by atoms with Gasteiger partial charge in [-0.2, -0.15) is 0 Å². The number of carboxylic acid groups (broad SMARTS) is 1. The molecule has 1 unspecified atom stereocenters. The average Bonchev–Trinajstić information content (AvgIpc) is 2.97. The van der Waals surface area contributed by atoms with Crippen molar-refractivity contribution in [3.8, 4) is 22.9 Å². The van der Waals surface area contributed by atoms with Crippen LogP contribution < -0.4 is 9.64 Å². The normalized spacial score (nSPS) is 17.8. The van der Waals surface area contributed by atoms with Crippen LogP contribution in [0.4, 0.5) is 5.95 Å². The van der Waals surface area contributed by atoms with Crippen molar-refractivity contribution in [3.63, 3.8) is 0 Å². The van der Waals surface area contributed by atoms with E-state index in [4.69, 9.17) is 38.0 Å². The molecule has 1 atom stereocenters. The zero-order valence-corrected chi connectivity index (χ0v) is 25.1. The van der Waals surface area contributed by atoms with Gasteiger partial charge in [-0.1, -0.05) is 23.2 Å². The van der Waals surface area contributed by atoms with Crippen molar-refractivity contribution in [2.75, 3.05) is 50.8 Å². The van der Waals surface area contributed by atoms with Crippen LogP contribution in [-0.4, -0.2) is 92.9 Å². The van der Waals surface area contributed by atoms with Crippen molar-refractivity contribution in [2.45, 2.75) is 38.8 Å². The SMILES string of the molecule is CC(CO)N1CCN(c2ncc(Oc3cc(CN4CCC(CC(=O)O)CC4)cc(-c4cc(Cl)cc(Cl)c4)n3)cn2)CC1. The Labute approximate surface area is 255 Å². The van der Waals surface area contributed by atoms with E-state index < -0.39 is 5.97 Å².